The van der Waals surface area contributed by atoms with Gasteiger partial charge in [-0.25, -0.2) is 9.97 Å². The van der Waals surface area contributed by atoms with Gasteiger partial charge < -0.3 is 24.2 Å². The lowest BCUT2D eigenvalue weighted by Crippen LogP contribution is -2.52. The van der Waals surface area contributed by atoms with Crippen LogP contribution in [0.15, 0.2) is 48.5 Å². The number of benzene rings is 2. The molecule has 1 aromatic heterocycles. The minimum Gasteiger partial charge on any atom is -0.497 e. The van der Waals surface area contributed by atoms with E-state index in [0.717, 1.165) is 68.2 Å². The van der Waals surface area contributed by atoms with Gasteiger partial charge >= 0.3 is 0 Å². The van der Waals surface area contributed by atoms with Crippen molar-refractivity contribution in [2.45, 2.75) is 19.8 Å². The fourth-order valence-corrected chi connectivity index (χ4v) is 5.02. The number of amides is 1. The molecule has 5 rings (SSSR count). The molecule has 8 heteroatoms. The zero-order chi connectivity index (χ0) is 24.2. The quantitative estimate of drug-likeness (QED) is 0.539. The summed E-state index contributed by atoms with van der Waals surface area (Å²) in [5.41, 5.74) is 2.83. The van der Waals surface area contributed by atoms with Crippen molar-refractivity contribution in [3.05, 3.63) is 48.5 Å². The van der Waals surface area contributed by atoms with Crippen LogP contribution < -0.4 is 19.3 Å². The van der Waals surface area contributed by atoms with E-state index in [2.05, 4.69) is 21.9 Å². The number of piperidine rings is 1. The lowest BCUT2D eigenvalue weighted by atomic mass is 9.96. The maximum atomic E-state index is 13.5. The van der Waals surface area contributed by atoms with E-state index in [4.69, 9.17) is 19.4 Å². The Labute approximate surface area is 206 Å². The molecule has 0 N–H and O–H groups in total. The smallest absolute Gasteiger partial charge is 0.258 e. The molecule has 0 radical (unpaired) electrons. The molecule has 2 aliphatic heterocycles. The Morgan fingerprint density at radius 3 is 2.34 bits per heavy atom. The van der Waals surface area contributed by atoms with Crippen LogP contribution in [0.25, 0.3) is 11.0 Å². The number of fused-ring (bicyclic) bond motifs is 1. The van der Waals surface area contributed by atoms with Crippen LogP contribution in [0, 0.1) is 5.92 Å². The van der Waals surface area contributed by atoms with E-state index in [1.165, 1.54) is 5.69 Å². The molecule has 8 nitrogen and oxygen atoms in total. The van der Waals surface area contributed by atoms with E-state index in [-0.39, 0.29) is 11.8 Å². The highest BCUT2D eigenvalue weighted by molar-refractivity contribution is 5.81. The van der Waals surface area contributed by atoms with Crippen LogP contribution in [-0.4, -0.2) is 73.8 Å². The van der Waals surface area contributed by atoms with Crippen LogP contribution in [0.5, 0.6) is 11.6 Å². The number of anilines is 2. The van der Waals surface area contributed by atoms with Crippen molar-refractivity contribution < 1.29 is 14.3 Å². The van der Waals surface area contributed by atoms with Gasteiger partial charge in [0.05, 0.1) is 30.7 Å². The van der Waals surface area contributed by atoms with Crippen LogP contribution in [-0.2, 0) is 4.79 Å². The molecule has 0 aliphatic carbocycles. The molecule has 0 bridgehead atoms. The molecule has 2 saturated heterocycles. The van der Waals surface area contributed by atoms with Crippen molar-refractivity contribution in [2.75, 3.05) is 62.8 Å². The summed E-state index contributed by atoms with van der Waals surface area (Å²) >= 11 is 0. The number of rotatable bonds is 6. The van der Waals surface area contributed by atoms with Gasteiger partial charge in [0.2, 0.25) is 5.91 Å². The molecule has 2 aliphatic rings. The second kappa shape index (κ2) is 10.4. The zero-order valence-electron chi connectivity index (χ0n) is 20.5. The first-order valence-corrected chi connectivity index (χ1v) is 12.5. The standard InChI is InChI=1S/C27H33N5O3/c1-3-35-26-25(28-23-8-4-5-9-24(23)29-26)32-14-6-7-20(19-32)27(33)31-17-15-30(16-18-31)21-10-12-22(34-2)13-11-21/h4-5,8-13,20H,3,6-7,14-19H2,1-2H3. The summed E-state index contributed by atoms with van der Waals surface area (Å²) in [6.45, 7) is 7.11. The van der Waals surface area contributed by atoms with E-state index in [1.54, 1.807) is 7.11 Å². The third-order valence-electron chi connectivity index (χ3n) is 6.90. The van der Waals surface area contributed by atoms with Crippen molar-refractivity contribution in [3.63, 3.8) is 0 Å². The number of methoxy groups -OCH3 is 1. The summed E-state index contributed by atoms with van der Waals surface area (Å²) in [4.78, 5) is 29.6. The summed E-state index contributed by atoms with van der Waals surface area (Å²) in [6.07, 6.45) is 1.85. The highest BCUT2D eigenvalue weighted by atomic mass is 16.5. The van der Waals surface area contributed by atoms with Crippen molar-refractivity contribution in [1.29, 1.82) is 0 Å². The molecule has 35 heavy (non-hydrogen) atoms. The number of hydrogen-bond donors (Lipinski definition) is 0. The topological polar surface area (TPSA) is 71.0 Å². The molecule has 1 unspecified atom stereocenters. The van der Waals surface area contributed by atoms with Gasteiger partial charge in [-0.3, -0.25) is 4.79 Å². The Morgan fingerprint density at radius 2 is 1.66 bits per heavy atom. The SMILES string of the molecule is CCOc1nc2ccccc2nc1N1CCCC(C(=O)N2CCN(c3ccc(OC)cc3)CC2)C1. The maximum absolute atomic E-state index is 13.5. The minimum atomic E-state index is -0.0426. The number of hydrogen-bond acceptors (Lipinski definition) is 7. The molecule has 2 fully saturated rings. The van der Waals surface area contributed by atoms with Gasteiger partial charge in [0.25, 0.3) is 5.88 Å². The van der Waals surface area contributed by atoms with E-state index in [0.29, 0.717) is 19.0 Å². The van der Waals surface area contributed by atoms with Crippen LogP contribution in [0.1, 0.15) is 19.8 Å². The first-order valence-electron chi connectivity index (χ1n) is 12.5. The van der Waals surface area contributed by atoms with E-state index < -0.39 is 0 Å². The Hall–Kier alpha value is -3.55. The van der Waals surface area contributed by atoms with Crippen LogP contribution in [0.2, 0.25) is 0 Å². The van der Waals surface area contributed by atoms with Gasteiger partial charge in [-0.05, 0) is 56.2 Å². The van der Waals surface area contributed by atoms with Crippen LogP contribution >= 0.6 is 0 Å². The first kappa shape index (κ1) is 23.2. The van der Waals surface area contributed by atoms with E-state index in [9.17, 15) is 4.79 Å². The Kier molecular flexibility index (Phi) is 6.88. The lowest BCUT2D eigenvalue weighted by molar-refractivity contribution is -0.136. The van der Waals surface area contributed by atoms with Gasteiger partial charge in [0.15, 0.2) is 5.82 Å². The zero-order valence-corrected chi connectivity index (χ0v) is 20.5. The number of nitrogens with zero attached hydrogens (tertiary/aromatic N) is 5. The Morgan fingerprint density at radius 1 is 0.943 bits per heavy atom. The van der Waals surface area contributed by atoms with Gasteiger partial charge in [-0.15, -0.1) is 0 Å². The second-order valence-corrected chi connectivity index (χ2v) is 9.07. The molecule has 1 atom stereocenters. The summed E-state index contributed by atoms with van der Waals surface area (Å²) in [6, 6.07) is 16.0. The normalized spacial score (nSPS) is 18.6. The number of ether oxygens (including phenoxy) is 2. The minimum absolute atomic E-state index is 0.0426. The van der Waals surface area contributed by atoms with Gasteiger partial charge in [-0.1, -0.05) is 12.1 Å². The number of piperazine rings is 1. The number of carbonyl (C=O) groups excluding carboxylic acids is 1. The largest absolute Gasteiger partial charge is 0.497 e. The average molecular weight is 476 g/mol. The fraction of sp³-hybridized carbons (Fsp3) is 0.444. The number of aromatic nitrogens is 2. The van der Waals surface area contributed by atoms with Crippen LogP contribution in [0.3, 0.4) is 0 Å². The molecule has 3 heterocycles. The fourth-order valence-electron chi connectivity index (χ4n) is 5.02. The van der Waals surface area contributed by atoms with Gasteiger partial charge in [-0.2, -0.15) is 0 Å². The van der Waals surface area contributed by atoms with Crippen molar-refractivity contribution in [1.82, 2.24) is 14.9 Å². The summed E-state index contributed by atoms with van der Waals surface area (Å²) in [5.74, 6) is 2.35. The predicted octanol–water partition coefficient (Wildman–Crippen LogP) is 3.60. The molecule has 3 aromatic rings. The van der Waals surface area contributed by atoms with Crippen molar-refractivity contribution >= 4 is 28.4 Å². The third-order valence-corrected chi connectivity index (χ3v) is 6.90. The van der Waals surface area contributed by atoms with Crippen molar-refractivity contribution in [2.24, 2.45) is 5.92 Å². The molecule has 2 aromatic carbocycles. The molecular formula is C27H33N5O3. The number of carbonyl (C=O) groups is 1. The first-order chi connectivity index (χ1) is 17.2. The third kappa shape index (κ3) is 4.97. The highest BCUT2D eigenvalue weighted by Gasteiger charge is 2.33. The second-order valence-electron chi connectivity index (χ2n) is 9.07. The summed E-state index contributed by atoms with van der Waals surface area (Å²) in [5, 5.41) is 0. The molecule has 0 saturated carbocycles. The summed E-state index contributed by atoms with van der Waals surface area (Å²) in [7, 11) is 1.68. The Bertz CT molecular complexity index is 1160. The molecule has 0 spiro atoms. The highest BCUT2D eigenvalue weighted by Crippen LogP contribution is 2.31. The number of para-hydroxylation sites is 2. The molecule has 1 amide bonds. The Balaban J connectivity index is 1.25. The van der Waals surface area contributed by atoms with Crippen molar-refractivity contribution in [3.8, 4) is 11.6 Å². The monoisotopic (exact) mass is 475 g/mol. The molecule has 184 valence electrons. The van der Waals surface area contributed by atoms with E-state index in [1.807, 2.05) is 48.2 Å². The lowest BCUT2D eigenvalue weighted by Gasteiger charge is -2.40. The predicted molar refractivity (Wildman–Crippen MR) is 137 cm³/mol. The maximum Gasteiger partial charge on any atom is 0.258 e. The van der Waals surface area contributed by atoms with E-state index >= 15 is 0 Å². The van der Waals surface area contributed by atoms with Gasteiger partial charge in [0, 0.05) is 45.0 Å². The van der Waals surface area contributed by atoms with Gasteiger partial charge in [0.1, 0.15) is 5.75 Å². The van der Waals surface area contributed by atoms with Crippen LogP contribution in [0.4, 0.5) is 11.5 Å². The average Bonchev–Trinajstić information content (AvgIpc) is 2.92. The summed E-state index contributed by atoms with van der Waals surface area (Å²) < 4.78 is 11.1. The molecular weight excluding hydrogens is 442 g/mol.